The van der Waals surface area contributed by atoms with E-state index in [1.54, 1.807) is 19.5 Å². The molecule has 1 unspecified atom stereocenters. The molecule has 1 aromatic heterocycles. The Balaban J connectivity index is 1.34. The van der Waals surface area contributed by atoms with Crippen LogP contribution in [0.3, 0.4) is 0 Å². The summed E-state index contributed by atoms with van der Waals surface area (Å²) in [6, 6.07) is 5.69. The van der Waals surface area contributed by atoms with E-state index < -0.39 is 12.5 Å². The summed E-state index contributed by atoms with van der Waals surface area (Å²) in [5.41, 5.74) is 5.27. The second kappa shape index (κ2) is 9.61. The van der Waals surface area contributed by atoms with Crippen molar-refractivity contribution >= 4 is 12.0 Å². The fourth-order valence-corrected chi connectivity index (χ4v) is 5.41. The van der Waals surface area contributed by atoms with Crippen LogP contribution in [0.1, 0.15) is 43.4 Å². The van der Waals surface area contributed by atoms with E-state index >= 15 is 0 Å². The molecule has 6 nitrogen and oxygen atoms in total. The maximum Gasteiger partial charge on any atom is 0.523 e. The van der Waals surface area contributed by atoms with Gasteiger partial charge in [-0.3, -0.25) is 9.53 Å². The molecular weight excluding hydrogens is 471 g/mol. The van der Waals surface area contributed by atoms with Crippen molar-refractivity contribution in [1.29, 1.82) is 0 Å². The van der Waals surface area contributed by atoms with Crippen LogP contribution in [0.25, 0.3) is 11.8 Å². The summed E-state index contributed by atoms with van der Waals surface area (Å²) in [6.07, 6.45) is 6.21. The molecule has 36 heavy (non-hydrogen) atoms. The minimum atomic E-state index is -4.66. The molecule has 0 spiro atoms. The third-order valence-corrected chi connectivity index (χ3v) is 7.00. The van der Waals surface area contributed by atoms with Gasteiger partial charge in [0.2, 0.25) is 5.91 Å². The second-order valence-corrected chi connectivity index (χ2v) is 9.40. The van der Waals surface area contributed by atoms with E-state index in [1.807, 2.05) is 46.9 Å². The number of ether oxygens (including phenoxy) is 2. The van der Waals surface area contributed by atoms with Crippen molar-refractivity contribution in [3.63, 3.8) is 0 Å². The number of benzene rings is 1. The first kappa shape index (κ1) is 24.4. The molecule has 1 saturated heterocycles. The number of aryl methyl sites for hydroxylation is 1. The molecule has 2 atom stereocenters. The van der Waals surface area contributed by atoms with E-state index in [9.17, 15) is 18.0 Å². The number of halogens is 3. The van der Waals surface area contributed by atoms with E-state index in [0.717, 1.165) is 46.5 Å². The molecule has 1 fully saturated rings. The monoisotopic (exact) mass is 499 g/mol. The van der Waals surface area contributed by atoms with Crippen molar-refractivity contribution in [2.24, 2.45) is 0 Å². The van der Waals surface area contributed by atoms with Crippen LogP contribution in [0.15, 0.2) is 59.6 Å². The number of methoxy groups -OCH3 is 1. The predicted octanol–water partition coefficient (Wildman–Crippen LogP) is 5.52. The molecule has 0 radical (unpaired) electrons. The summed E-state index contributed by atoms with van der Waals surface area (Å²) in [6.45, 7) is 2.56. The highest BCUT2D eigenvalue weighted by Gasteiger charge is 2.39. The van der Waals surface area contributed by atoms with Crippen molar-refractivity contribution in [2.45, 2.75) is 57.5 Å². The van der Waals surface area contributed by atoms with E-state index in [1.165, 1.54) is 6.08 Å². The van der Waals surface area contributed by atoms with Gasteiger partial charge in [0.25, 0.3) is 0 Å². The zero-order valence-electron chi connectivity index (χ0n) is 20.2. The summed E-state index contributed by atoms with van der Waals surface area (Å²) >= 11 is 0. The number of aromatic nitrogens is 2. The molecule has 3 aliphatic rings. The number of piperidine rings is 1. The van der Waals surface area contributed by atoms with Gasteiger partial charge in [-0.2, -0.15) is 0 Å². The summed E-state index contributed by atoms with van der Waals surface area (Å²) in [7, 11) is 1.61. The molecular formula is C27H28F3N3O3. The smallest absolute Gasteiger partial charge is 0.495 e. The molecule has 0 N–H and O–H groups in total. The Morgan fingerprint density at radius 2 is 2.06 bits per heavy atom. The number of carbonyl (C=O) groups excluding carboxylic acids is 1. The fourth-order valence-electron chi connectivity index (χ4n) is 5.41. The lowest BCUT2D eigenvalue weighted by molar-refractivity contribution is -0.336. The largest absolute Gasteiger partial charge is 0.523 e. The number of alkyl halides is 3. The van der Waals surface area contributed by atoms with Crippen molar-refractivity contribution in [3.8, 4) is 11.4 Å². The van der Waals surface area contributed by atoms with Crippen molar-refractivity contribution in [2.75, 3.05) is 13.7 Å². The summed E-state index contributed by atoms with van der Waals surface area (Å²) in [5, 5.41) is 0. The lowest BCUT2D eigenvalue weighted by Gasteiger charge is -2.35. The number of hydrogen-bond acceptors (Lipinski definition) is 4. The summed E-state index contributed by atoms with van der Waals surface area (Å²) in [4.78, 5) is 19.6. The average Bonchev–Trinajstić information content (AvgIpc) is 3.45. The number of imidazole rings is 1. The van der Waals surface area contributed by atoms with Crippen LogP contribution in [0, 0.1) is 6.92 Å². The van der Waals surface area contributed by atoms with Gasteiger partial charge in [0.05, 0.1) is 37.0 Å². The van der Waals surface area contributed by atoms with Gasteiger partial charge in [-0.25, -0.2) is 4.98 Å². The highest BCUT2D eigenvalue weighted by molar-refractivity contribution is 5.99. The molecule has 1 amide bonds. The third kappa shape index (κ3) is 4.97. The Morgan fingerprint density at radius 3 is 2.78 bits per heavy atom. The number of likely N-dealkylation sites (tertiary alicyclic amines) is 1. The number of amides is 1. The van der Waals surface area contributed by atoms with E-state index in [-0.39, 0.29) is 18.4 Å². The maximum absolute atomic E-state index is 13.5. The number of nitrogens with zero attached hydrogens (tertiary/aromatic N) is 3. The molecule has 1 aliphatic heterocycles. The Morgan fingerprint density at radius 1 is 1.22 bits per heavy atom. The standard InChI is InChI=1S/C27H28F3N3O3/c1-17-15-32(16-31-17)24-9-5-18(13-25(24)35-2)12-20-4-3-11-33(26(20)34)23-10-6-19-14-21(7-8-22(19)23)36-27(28,29)30/h5,7-9,12-13,15-16,21,23H,3-4,6,10-11,14H2,1-2H3/b20-12+/t21?,23-/m1/s1. The quantitative estimate of drug-likeness (QED) is 0.509. The minimum Gasteiger partial charge on any atom is -0.495 e. The van der Waals surface area contributed by atoms with Gasteiger partial charge in [-0.1, -0.05) is 23.8 Å². The van der Waals surface area contributed by atoms with Crippen LogP contribution >= 0.6 is 0 Å². The first-order chi connectivity index (χ1) is 17.2. The first-order valence-corrected chi connectivity index (χ1v) is 12.1. The van der Waals surface area contributed by atoms with Crippen molar-refractivity contribution in [1.82, 2.24) is 14.5 Å². The Labute approximate surface area is 207 Å². The summed E-state index contributed by atoms with van der Waals surface area (Å²) < 4.78 is 49.6. The molecule has 1 aromatic carbocycles. The van der Waals surface area contributed by atoms with Crippen molar-refractivity contribution in [3.05, 3.63) is 70.9 Å². The SMILES string of the molecule is COc1cc(/C=C2\CCCN([C@@H]3CCC4=C3C=CC(OC(F)(F)F)C4)C2=O)ccc1-n1cnc(C)c1. The Bertz CT molecular complexity index is 1260. The van der Waals surface area contributed by atoms with E-state index in [0.29, 0.717) is 25.1 Å². The third-order valence-electron chi connectivity index (χ3n) is 7.00. The molecule has 5 rings (SSSR count). The van der Waals surface area contributed by atoms with Crippen LogP contribution in [-0.4, -0.2) is 52.5 Å². The van der Waals surface area contributed by atoms with Gasteiger partial charge in [0, 0.05) is 18.3 Å². The molecule has 190 valence electrons. The van der Waals surface area contributed by atoms with Gasteiger partial charge in [0.15, 0.2) is 0 Å². The van der Waals surface area contributed by atoms with Crippen LogP contribution in [0.4, 0.5) is 13.2 Å². The number of rotatable bonds is 5. The topological polar surface area (TPSA) is 56.6 Å². The van der Waals surface area contributed by atoms with Crippen LogP contribution in [-0.2, 0) is 9.53 Å². The first-order valence-electron chi connectivity index (χ1n) is 12.1. The normalized spacial score (nSPS) is 23.5. The summed E-state index contributed by atoms with van der Waals surface area (Å²) in [5.74, 6) is 0.658. The predicted molar refractivity (Wildman–Crippen MR) is 129 cm³/mol. The van der Waals surface area contributed by atoms with Gasteiger partial charge in [0.1, 0.15) is 5.75 Å². The Kier molecular flexibility index (Phi) is 6.51. The highest BCUT2D eigenvalue weighted by Crippen LogP contribution is 2.40. The molecule has 2 heterocycles. The molecule has 2 aromatic rings. The molecule has 2 aliphatic carbocycles. The van der Waals surface area contributed by atoms with E-state index in [2.05, 4.69) is 9.72 Å². The molecule has 9 heteroatoms. The van der Waals surface area contributed by atoms with Crippen molar-refractivity contribution < 1.29 is 27.4 Å². The zero-order chi connectivity index (χ0) is 25.4. The lowest BCUT2D eigenvalue weighted by atomic mass is 9.94. The van der Waals surface area contributed by atoms with Crippen LogP contribution < -0.4 is 4.74 Å². The molecule has 0 bridgehead atoms. The number of carbonyl (C=O) groups is 1. The van der Waals surface area contributed by atoms with Gasteiger partial charge in [-0.15, -0.1) is 13.2 Å². The van der Waals surface area contributed by atoms with E-state index in [4.69, 9.17) is 4.74 Å². The van der Waals surface area contributed by atoms with Gasteiger partial charge in [-0.05, 0) is 68.4 Å². The highest BCUT2D eigenvalue weighted by atomic mass is 19.4. The maximum atomic E-state index is 13.5. The lowest BCUT2D eigenvalue weighted by Crippen LogP contribution is -2.44. The molecule has 0 saturated carbocycles. The second-order valence-electron chi connectivity index (χ2n) is 9.40. The minimum absolute atomic E-state index is 0.0182. The Hall–Kier alpha value is -3.33. The van der Waals surface area contributed by atoms with Gasteiger partial charge >= 0.3 is 6.36 Å². The van der Waals surface area contributed by atoms with Crippen LogP contribution in [0.5, 0.6) is 5.75 Å². The average molecular weight is 500 g/mol. The number of hydrogen-bond donors (Lipinski definition) is 0. The fraction of sp³-hybridized carbons (Fsp3) is 0.407. The zero-order valence-corrected chi connectivity index (χ0v) is 20.2. The van der Waals surface area contributed by atoms with Crippen LogP contribution in [0.2, 0.25) is 0 Å². The van der Waals surface area contributed by atoms with Gasteiger partial charge < -0.3 is 14.2 Å².